The van der Waals surface area contributed by atoms with Crippen molar-refractivity contribution in [2.45, 2.75) is 32.4 Å². The van der Waals surface area contributed by atoms with E-state index in [0.29, 0.717) is 12.6 Å². The molecular weight excluding hydrogens is 262 g/mol. The van der Waals surface area contributed by atoms with E-state index < -0.39 is 0 Å². The molecule has 0 aromatic heterocycles. The molecule has 2 rings (SSSR count). The van der Waals surface area contributed by atoms with Gasteiger partial charge in [0, 0.05) is 43.3 Å². The zero-order valence-electron chi connectivity index (χ0n) is 11.2. The smallest absolute Gasteiger partial charge is 0.217 e. The van der Waals surface area contributed by atoms with E-state index in [4.69, 9.17) is 17.3 Å². The summed E-state index contributed by atoms with van der Waals surface area (Å²) in [7, 11) is 0. The number of nitrogens with zero attached hydrogens (tertiary/aromatic N) is 1. The van der Waals surface area contributed by atoms with E-state index >= 15 is 0 Å². The lowest BCUT2D eigenvalue weighted by Crippen LogP contribution is -2.44. The van der Waals surface area contributed by atoms with Gasteiger partial charge in [-0.15, -0.1) is 0 Å². The number of halogens is 1. The Labute approximate surface area is 118 Å². The monoisotopic (exact) mass is 281 g/mol. The van der Waals surface area contributed by atoms with Gasteiger partial charge in [0.05, 0.1) is 0 Å². The van der Waals surface area contributed by atoms with Gasteiger partial charge in [0.25, 0.3) is 0 Å². The minimum atomic E-state index is 0.0498. The molecule has 1 amide bonds. The fourth-order valence-electron chi connectivity index (χ4n) is 2.47. The van der Waals surface area contributed by atoms with Gasteiger partial charge in [0.2, 0.25) is 5.91 Å². The van der Waals surface area contributed by atoms with Crippen LogP contribution in [-0.2, 0) is 11.3 Å². The molecule has 0 atom stereocenters. The predicted octanol–water partition coefficient (Wildman–Crippen LogP) is 1.90. The molecule has 1 aliphatic heterocycles. The molecule has 0 bridgehead atoms. The van der Waals surface area contributed by atoms with E-state index in [2.05, 4.69) is 16.3 Å². The topological polar surface area (TPSA) is 58.4 Å². The summed E-state index contributed by atoms with van der Waals surface area (Å²) < 4.78 is 0. The van der Waals surface area contributed by atoms with Crippen molar-refractivity contribution < 1.29 is 4.79 Å². The van der Waals surface area contributed by atoms with Gasteiger partial charge in [-0.1, -0.05) is 17.7 Å². The van der Waals surface area contributed by atoms with Crippen molar-refractivity contribution in [3.63, 3.8) is 0 Å². The number of piperidine rings is 1. The molecule has 1 aromatic rings. The third-order valence-corrected chi connectivity index (χ3v) is 3.88. The van der Waals surface area contributed by atoms with Crippen LogP contribution in [0, 0.1) is 0 Å². The third-order valence-electron chi connectivity index (χ3n) is 3.52. The summed E-state index contributed by atoms with van der Waals surface area (Å²) in [6.07, 6.45) is 1.94. The molecule has 0 unspecified atom stereocenters. The van der Waals surface area contributed by atoms with E-state index in [9.17, 15) is 4.79 Å². The van der Waals surface area contributed by atoms with Crippen molar-refractivity contribution in [3.8, 4) is 0 Å². The van der Waals surface area contributed by atoms with Gasteiger partial charge < -0.3 is 16.0 Å². The first-order valence-electron chi connectivity index (χ1n) is 6.60. The van der Waals surface area contributed by atoms with Crippen molar-refractivity contribution in [2.24, 2.45) is 5.73 Å². The average molecular weight is 282 g/mol. The second-order valence-corrected chi connectivity index (χ2v) is 5.35. The van der Waals surface area contributed by atoms with Gasteiger partial charge in [0.15, 0.2) is 0 Å². The molecule has 4 nitrogen and oxygen atoms in total. The fourth-order valence-corrected chi connectivity index (χ4v) is 2.72. The van der Waals surface area contributed by atoms with E-state index in [0.717, 1.165) is 42.2 Å². The summed E-state index contributed by atoms with van der Waals surface area (Å²) >= 11 is 6.18. The lowest BCUT2D eigenvalue weighted by atomic mass is 10.0. The molecule has 1 heterocycles. The van der Waals surface area contributed by atoms with E-state index in [1.807, 2.05) is 12.1 Å². The number of hydrogen-bond donors (Lipinski definition) is 2. The Balaban J connectivity index is 1.97. The first kappa shape index (κ1) is 14.2. The first-order valence-corrected chi connectivity index (χ1v) is 6.98. The molecule has 3 N–H and O–H groups in total. The minimum absolute atomic E-state index is 0.0498. The maximum Gasteiger partial charge on any atom is 0.217 e. The number of amides is 1. The number of nitrogens with one attached hydrogen (secondary N) is 1. The Morgan fingerprint density at radius 2 is 2.16 bits per heavy atom. The van der Waals surface area contributed by atoms with E-state index in [1.165, 1.54) is 0 Å². The summed E-state index contributed by atoms with van der Waals surface area (Å²) in [6.45, 7) is 3.90. The van der Waals surface area contributed by atoms with Crippen LogP contribution < -0.4 is 16.0 Å². The van der Waals surface area contributed by atoms with Crippen molar-refractivity contribution in [3.05, 3.63) is 28.8 Å². The van der Waals surface area contributed by atoms with Crippen molar-refractivity contribution in [1.29, 1.82) is 0 Å². The molecule has 1 saturated heterocycles. The minimum Gasteiger partial charge on any atom is -0.371 e. The summed E-state index contributed by atoms with van der Waals surface area (Å²) in [6, 6.07) is 6.32. The highest BCUT2D eigenvalue weighted by Crippen LogP contribution is 2.25. The lowest BCUT2D eigenvalue weighted by Gasteiger charge is -2.34. The van der Waals surface area contributed by atoms with Crippen LogP contribution in [0.2, 0.25) is 5.02 Å². The molecule has 0 saturated carbocycles. The average Bonchev–Trinajstić information content (AvgIpc) is 2.39. The Morgan fingerprint density at radius 1 is 1.47 bits per heavy atom. The number of rotatable bonds is 3. The van der Waals surface area contributed by atoms with Gasteiger partial charge in [-0.25, -0.2) is 0 Å². The van der Waals surface area contributed by atoms with E-state index in [1.54, 1.807) is 6.92 Å². The Bertz CT molecular complexity index is 456. The Kier molecular flexibility index (Phi) is 4.66. The van der Waals surface area contributed by atoms with Crippen LogP contribution >= 0.6 is 11.6 Å². The summed E-state index contributed by atoms with van der Waals surface area (Å²) in [5, 5.41) is 3.70. The maximum atomic E-state index is 11.0. The standard InChI is InChI=1S/C14H20ClN3O/c1-10(19)17-12-4-6-18(7-5-12)13-3-2-11(9-16)14(15)8-13/h2-3,8,12H,4-7,9,16H2,1H3,(H,17,19). The molecule has 19 heavy (non-hydrogen) atoms. The number of nitrogens with two attached hydrogens (primary N) is 1. The molecule has 104 valence electrons. The lowest BCUT2D eigenvalue weighted by molar-refractivity contribution is -0.119. The van der Waals surface area contributed by atoms with Gasteiger partial charge >= 0.3 is 0 Å². The molecule has 1 aromatic carbocycles. The normalized spacial score (nSPS) is 16.5. The second-order valence-electron chi connectivity index (χ2n) is 4.94. The van der Waals surface area contributed by atoms with Crippen molar-refractivity contribution in [2.75, 3.05) is 18.0 Å². The molecule has 0 spiro atoms. The van der Waals surface area contributed by atoms with Crippen LogP contribution in [0.15, 0.2) is 18.2 Å². The molecule has 0 radical (unpaired) electrons. The first-order chi connectivity index (χ1) is 9.10. The highest BCUT2D eigenvalue weighted by Gasteiger charge is 2.20. The Hall–Kier alpha value is -1.26. The zero-order valence-corrected chi connectivity index (χ0v) is 11.9. The molecule has 1 fully saturated rings. The molecular formula is C14H20ClN3O. The quantitative estimate of drug-likeness (QED) is 0.890. The van der Waals surface area contributed by atoms with Gasteiger partial charge in [0.1, 0.15) is 0 Å². The number of carbonyl (C=O) groups is 1. The van der Waals surface area contributed by atoms with Crippen LogP contribution in [0.3, 0.4) is 0 Å². The van der Waals surface area contributed by atoms with E-state index in [-0.39, 0.29) is 5.91 Å². The predicted molar refractivity (Wildman–Crippen MR) is 78.4 cm³/mol. The fraction of sp³-hybridized carbons (Fsp3) is 0.500. The zero-order chi connectivity index (χ0) is 13.8. The van der Waals surface area contributed by atoms with Crippen LogP contribution in [0.1, 0.15) is 25.3 Å². The SMILES string of the molecule is CC(=O)NC1CCN(c2ccc(CN)c(Cl)c2)CC1. The van der Waals surface area contributed by atoms with Crippen LogP contribution in [0.25, 0.3) is 0 Å². The van der Waals surface area contributed by atoms with Crippen LogP contribution in [-0.4, -0.2) is 25.0 Å². The Morgan fingerprint density at radius 3 is 2.68 bits per heavy atom. The largest absolute Gasteiger partial charge is 0.371 e. The number of carbonyl (C=O) groups excluding carboxylic acids is 1. The highest BCUT2D eigenvalue weighted by molar-refractivity contribution is 6.31. The second kappa shape index (κ2) is 6.26. The highest BCUT2D eigenvalue weighted by atomic mass is 35.5. The summed E-state index contributed by atoms with van der Waals surface area (Å²) in [4.78, 5) is 13.3. The molecule has 5 heteroatoms. The number of anilines is 1. The molecule has 0 aliphatic carbocycles. The van der Waals surface area contributed by atoms with Crippen LogP contribution in [0.4, 0.5) is 5.69 Å². The third kappa shape index (κ3) is 3.61. The van der Waals surface area contributed by atoms with Crippen molar-refractivity contribution in [1.82, 2.24) is 5.32 Å². The van der Waals surface area contributed by atoms with Gasteiger partial charge in [-0.05, 0) is 30.5 Å². The molecule has 1 aliphatic rings. The van der Waals surface area contributed by atoms with Gasteiger partial charge in [-0.2, -0.15) is 0 Å². The van der Waals surface area contributed by atoms with Crippen LogP contribution in [0.5, 0.6) is 0 Å². The summed E-state index contributed by atoms with van der Waals surface area (Å²) in [5.74, 6) is 0.0498. The number of hydrogen-bond acceptors (Lipinski definition) is 3. The summed E-state index contributed by atoms with van der Waals surface area (Å²) in [5.41, 5.74) is 7.70. The van der Waals surface area contributed by atoms with Crippen molar-refractivity contribution >= 4 is 23.2 Å². The number of benzene rings is 1. The van der Waals surface area contributed by atoms with Gasteiger partial charge in [-0.3, -0.25) is 4.79 Å². The maximum absolute atomic E-state index is 11.0.